The highest BCUT2D eigenvalue weighted by atomic mass is 32.1. The fourth-order valence-corrected chi connectivity index (χ4v) is 2.00. The highest BCUT2D eigenvalue weighted by Gasteiger charge is 2.27. The van der Waals surface area contributed by atoms with Crippen molar-refractivity contribution in [2.45, 2.75) is 53.1 Å². The lowest BCUT2D eigenvalue weighted by Crippen LogP contribution is -2.33. The number of ether oxygens (including phenoxy) is 1. The Labute approximate surface area is 117 Å². The van der Waals surface area contributed by atoms with E-state index in [9.17, 15) is 4.79 Å². The molecule has 0 unspecified atom stereocenters. The molecule has 0 aromatic rings. The van der Waals surface area contributed by atoms with Crippen LogP contribution in [0.15, 0.2) is 0 Å². The third kappa shape index (κ3) is 7.39. The van der Waals surface area contributed by atoms with Crippen LogP contribution in [0.5, 0.6) is 0 Å². The van der Waals surface area contributed by atoms with Crippen molar-refractivity contribution in [1.29, 1.82) is 0 Å². The van der Waals surface area contributed by atoms with Crippen LogP contribution in [0.3, 0.4) is 0 Å². The van der Waals surface area contributed by atoms with Gasteiger partial charge in [0.25, 0.3) is 0 Å². The lowest BCUT2D eigenvalue weighted by molar-refractivity contribution is -0.126. The number of rotatable bonds is 10. The first-order valence-corrected chi connectivity index (χ1v) is 7.37. The molecule has 0 amide bonds. The van der Waals surface area contributed by atoms with Crippen LogP contribution in [0, 0.1) is 5.41 Å². The number of thiol groups is 1. The summed E-state index contributed by atoms with van der Waals surface area (Å²) in [6.45, 7) is 12.8. The first kappa shape index (κ1) is 17.9. The summed E-state index contributed by atoms with van der Waals surface area (Å²) in [7, 11) is 0. The zero-order valence-electron chi connectivity index (χ0n) is 12.5. The maximum absolute atomic E-state index is 11.7. The second-order valence-corrected chi connectivity index (χ2v) is 6.24. The average Bonchev–Trinajstić information content (AvgIpc) is 2.27. The molecule has 0 bridgehead atoms. The summed E-state index contributed by atoms with van der Waals surface area (Å²) in [6, 6.07) is 0. The molecule has 0 radical (unpaired) electrons. The van der Waals surface area contributed by atoms with E-state index >= 15 is 0 Å². The fourth-order valence-electron chi connectivity index (χ4n) is 1.57. The van der Waals surface area contributed by atoms with Gasteiger partial charge in [-0.2, -0.15) is 12.6 Å². The van der Waals surface area contributed by atoms with Crippen molar-refractivity contribution in [1.82, 2.24) is 5.32 Å². The van der Waals surface area contributed by atoms with Gasteiger partial charge < -0.3 is 10.1 Å². The Bertz CT molecular complexity index is 252. The summed E-state index contributed by atoms with van der Waals surface area (Å²) < 4.78 is 5.89. The predicted molar refractivity (Wildman–Crippen MR) is 80.4 cm³/mol. The molecule has 0 aromatic heterocycles. The highest BCUT2D eigenvalue weighted by molar-refractivity contribution is 7.81. The minimum absolute atomic E-state index is 0.137. The van der Waals surface area contributed by atoms with E-state index in [2.05, 4.69) is 38.7 Å². The summed E-state index contributed by atoms with van der Waals surface area (Å²) in [5, 5.41) is 3.29. The Balaban J connectivity index is 3.98. The molecule has 0 aliphatic rings. The fraction of sp³-hybridized carbons (Fsp3) is 0.929. The zero-order valence-corrected chi connectivity index (χ0v) is 13.4. The molecule has 0 aromatic carbocycles. The van der Waals surface area contributed by atoms with E-state index in [0.29, 0.717) is 12.4 Å². The molecule has 4 heteroatoms. The minimum Gasteiger partial charge on any atom is -0.375 e. The molecule has 0 saturated carbocycles. The van der Waals surface area contributed by atoms with E-state index in [4.69, 9.17) is 4.74 Å². The number of nitrogens with one attached hydrogen (secondary N) is 1. The van der Waals surface area contributed by atoms with Gasteiger partial charge in [-0.15, -0.1) is 0 Å². The number of hydrogen-bond donors (Lipinski definition) is 2. The number of carbonyl (C=O) groups excluding carboxylic acids is 1. The third-order valence-electron chi connectivity index (χ3n) is 3.27. The molecule has 0 aliphatic carbocycles. The van der Waals surface area contributed by atoms with Gasteiger partial charge in [-0.1, -0.05) is 20.8 Å². The normalized spacial score (nSPS) is 12.8. The lowest BCUT2D eigenvalue weighted by atomic mass is 9.85. The molecular weight excluding hydrogens is 246 g/mol. The predicted octanol–water partition coefficient (Wildman–Crippen LogP) is 2.70. The van der Waals surface area contributed by atoms with Crippen LogP contribution >= 0.6 is 12.6 Å². The standard InChI is InChI=1S/C14H29NO2S/c1-6-15-9-7-14(4,5)17-10-8-13(2,3)12(16)11-18/h15,18H,6-11H2,1-5H3. The van der Waals surface area contributed by atoms with Gasteiger partial charge in [-0.25, -0.2) is 0 Å². The maximum atomic E-state index is 11.7. The summed E-state index contributed by atoms with van der Waals surface area (Å²) >= 11 is 4.05. The van der Waals surface area contributed by atoms with E-state index in [1.165, 1.54) is 0 Å². The van der Waals surface area contributed by atoms with Gasteiger partial charge in [0.1, 0.15) is 5.78 Å². The maximum Gasteiger partial charge on any atom is 0.148 e. The summed E-state index contributed by atoms with van der Waals surface area (Å²) in [6.07, 6.45) is 1.72. The van der Waals surface area contributed by atoms with Crippen LogP contribution in [0.1, 0.15) is 47.5 Å². The Morgan fingerprint density at radius 3 is 2.33 bits per heavy atom. The summed E-state index contributed by atoms with van der Waals surface area (Å²) in [4.78, 5) is 11.7. The van der Waals surface area contributed by atoms with Crippen LogP contribution in [0.2, 0.25) is 0 Å². The van der Waals surface area contributed by atoms with Crippen molar-refractivity contribution in [2.24, 2.45) is 5.41 Å². The van der Waals surface area contributed by atoms with Crippen LogP contribution in [-0.2, 0) is 9.53 Å². The first-order valence-electron chi connectivity index (χ1n) is 6.74. The Morgan fingerprint density at radius 1 is 1.22 bits per heavy atom. The van der Waals surface area contributed by atoms with Gasteiger partial charge in [0, 0.05) is 17.8 Å². The van der Waals surface area contributed by atoms with Crippen LogP contribution in [-0.4, -0.2) is 36.8 Å². The number of hydrogen-bond acceptors (Lipinski definition) is 4. The molecule has 0 spiro atoms. The van der Waals surface area contributed by atoms with Crippen molar-refractivity contribution in [2.75, 3.05) is 25.4 Å². The van der Waals surface area contributed by atoms with Crippen molar-refractivity contribution in [3.63, 3.8) is 0 Å². The molecule has 0 fully saturated rings. The van der Waals surface area contributed by atoms with E-state index in [1.807, 2.05) is 13.8 Å². The van der Waals surface area contributed by atoms with E-state index in [-0.39, 0.29) is 16.8 Å². The van der Waals surface area contributed by atoms with E-state index < -0.39 is 0 Å². The number of carbonyl (C=O) groups is 1. The zero-order chi connectivity index (χ0) is 14.2. The molecule has 18 heavy (non-hydrogen) atoms. The Hall–Kier alpha value is -0.0600. The molecule has 3 nitrogen and oxygen atoms in total. The molecule has 0 atom stereocenters. The lowest BCUT2D eigenvalue weighted by Gasteiger charge is -2.28. The second kappa shape index (κ2) is 8.18. The monoisotopic (exact) mass is 275 g/mol. The average molecular weight is 275 g/mol. The van der Waals surface area contributed by atoms with Gasteiger partial charge in [-0.05, 0) is 39.8 Å². The van der Waals surface area contributed by atoms with Crippen LogP contribution in [0.4, 0.5) is 0 Å². The Morgan fingerprint density at radius 2 is 1.83 bits per heavy atom. The Kier molecular flexibility index (Phi) is 8.15. The van der Waals surface area contributed by atoms with Crippen molar-refractivity contribution < 1.29 is 9.53 Å². The first-order chi connectivity index (χ1) is 8.25. The van der Waals surface area contributed by atoms with Crippen molar-refractivity contribution in [3.8, 4) is 0 Å². The molecule has 0 saturated heterocycles. The molecule has 108 valence electrons. The third-order valence-corrected chi connectivity index (χ3v) is 3.56. The minimum atomic E-state index is -0.334. The van der Waals surface area contributed by atoms with Gasteiger partial charge >= 0.3 is 0 Å². The second-order valence-electron chi connectivity index (χ2n) is 5.93. The smallest absolute Gasteiger partial charge is 0.148 e. The quantitative estimate of drug-likeness (QED) is 0.475. The number of ketones is 1. The van der Waals surface area contributed by atoms with E-state index in [1.54, 1.807) is 0 Å². The largest absolute Gasteiger partial charge is 0.375 e. The van der Waals surface area contributed by atoms with Gasteiger partial charge in [0.15, 0.2) is 0 Å². The topological polar surface area (TPSA) is 38.3 Å². The van der Waals surface area contributed by atoms with Crippen LogP contribution in [0.25, 0.3) is 0 Å². The van der Waals surface area contributed by atoms with Gasteiger partial charge in [0.05, 0.1) is 5.60 Å². The highest BCUT2D eigenvalue weighted by Crippen LogP contribution is 2.24. The van der Waals surface area contributed by atoms with Crippen LogP contribution < -0.4 is 5.32 Å². The van der Waals surface area contributed by atoms with E-state index in [0.717, 1.165) is 25.9 Å². The van der Waals surface area contributed by atoms with Crippen molar-refractivity contribution in [3.05, 3.63) is 0 Å². The molecule has 0 heterocycles. The van der Waals surface area contributed by atoms with Gasteiger partial charge in [0.2, 0.25) is 0 Å². The molecule has 0 rings (SSSR count). The molecule has 0 aliphatic heterocycles. The molecular formula is C14H29NO2S. The van der Waals surface area contributed by atoms with Crippen molar-refractivity contribution >= 4 is 18.4 Å². The van der Waals surface area contributed by atoms with Gasteiger partial charge in [-0.3, -0.25) is 4.79 Å². The summed E-state index contributed by atoms with van der Waals surface area (Å²) in [5.74, 6) is 0.483. The number of Topliss-reactive ketones (excluding diaryl/α,β-unsaturated/α-hetero) is 1. The SMILES string of the molecule is CCNCCC(C)(C)OCCC(C)(C)C(=O)CS. The summed E-state index contributed by atoms with van der Waals surface area (Å²) in [5.41, 5.74) is -0.470. The molecule has 1 N–H and O–H groups in total.